The summed E-state index contributed by atoms with van der Waals surface area (Å²) in [5.41, 5.74) is 1.35. The SMILES string of the molecule is Cc1cc(Nc2nc(N[C@H]3CC4CCC3N4C(=O)OC(C)(C)C)nc3ccsc23)n[nH]1. The molecule has 9 nitrogen and oxygen atoms in total. The van der Waals surface area contributed by atoms with Crippen LogP contribution in [0.25, 0.3) is 10.2 Å². The van der Waals surface area contributed by atoms with Crippen LogP contribution < -0.4 is 10.6 Å². The summed E-state index contributed by atoms with van der Waals surface area (Å²) in [4.78, 5) is 24.1. The molecule has 31 heavy (non-hydrogen) atoms. The lowest BCUT2D eigenvalue weighted by Crippen LogP contribution is -2.42. The molecule has 3 aromatic rings. The number of H-pyrrole nitrogens is 1. The van der Waals surface area contributed by atoms with Gasteiger partial charge in [0.15, 0.2) is 11.6 Å². The molecule has 1 amide bonds. The number of hydrogen-bond donors (Lipinski definition) is 3. The molecule has 2 unspecified atom stereocenters. The first kappa shape index (κ1) is 20.0. The molecule has 0 saturated carbocycles. The number of aromatic nitrogens is 4. The molecule has 0 spiro atoms. The van der Waals surface area contributed by atoms with E-state index in [2.05, 4.69) is 20.8 Å². The van der Waals surface area contributed by atoms with Crippen LogP contribution >= 0.6 is 11.3 Å². The lowest BCUT2D eigenvalue weighted by Gasteiger charge is -2.28. The van der Waals surface area contributed by atoms with Gasteiger partial charge >= 0.3 is 6.09 Å². The molecular weight excluding hydrogens is 414 g/mol. The summed E-state index contributed by atoms with van der Waals surface area (Å²) in [6.45, 7) is 7.66. The standard InChI is InChI=1S/C21H27N7O2S/c1-11-9-16(27-26-11)24-18-17-13(7-8-31-17)22-19(25-18)23-14-10-12-5-6-15(14)28(12)20(29)30-21(2,3)4/h7-9,12,14-15H,5-6,10H2,1-4H3,(H3,22,23,24,25,26,27)/t12?,14-,15?/m0/s1. The van der Waals surface area contributed by atoms with E-state index in [4.69, 9.17) is 14.7 Å². The first-order chi connectivity index (χ1) is 14.8. The Balaban J connectivity index is 1.37. The van der Waals surface area contributed by atoms with E-state index >= 15 is 0 Å². The van der Waals surface area contributed by atoms with Crippen molar-refractivity contribution >= 4 is 45.2 Å². The number of fused-ring (bicyclic) bond motifs is 3. The van der Waals surface area contributed by atoms with Gasteiger partial charge in [0.2, 0.25) is 5.95 Å². The largest absolute Gasteiger partial charge is 0.444 e. The maximum absolute atomic E-state index is 12.7. The Labute approximate surface area is 184 Å². The second-order valence-corrected chi connectivity index (χ2v) is 10.2. The Kier molecular flexibility index (Phi) is 4.76. The average molecular weight is 442 g/mol. The number of anilines is 3. The topological polar surface area (TPSA) is 108 Å². The van der Waals surface area contributed by atoms with Crippen molar-refractivity contribution in [3.8, 4) is 0 Å². The highest BCUT2D eigenvalue weighted by atomic mass is 32.1. The van der Waals surface area contributed by atoms with Gasteiger partial charge in [-0.2, -0.15) is 10.1 Å². The number of aromatic amines is 1. The smallest absolute Gasteiger partial charge is 0.410 e. The van der Waals surface area contributed by atoms with Gasteiger partial charge in [0, 0.05) is 17.8 Å². The van der Waals surface area contributed by atoms with Gasteiger partial charge in [-0.3, -0.25) is 5.10 Å². The van der Waals surface area contributed by atoms with E-state index in [1.54, 1.807) is 11.3 Å². The van der Waals surface area contributed by atoms with Crippen molar-refractivity contribution in [1.29, 1.82) is 0 Å². The second-order valence-electron chi connectivity index (χ2n) is 9.26. The molecular formula is C21H27N7O2S. The Bertz CT molecular complexity index is 1120. The summed E-state index contributed by atoms with van der Waals surface area (Å²) in [6.07, 6.45) is 2.61. The molecule has 2 aliphatic rings. The molecule has 5 rings (SSSR count). The number of nitrogens with zero attached hydrogens (tertiary/aromatic N) is 4. The van der Waals surface area contributed by atoms with Gasteiger partial charge < -0.3 is 20.3 Å². The number of hydrogen-bond acceptors (Lipinski definition) is 8. The monoisotopic (exact) mass is 441 g/mol. The summed E-state index contributed by atoms with van der Waals surface area (Å²) in [5, 5.41) is 16.0. The predicted molar refractivity (Wildman–Crippen MR) is 121 cm³/mol. The Morgan fingerprint density at radius 2 is 2.16 bits per heavy atom. The third kappa shape index (κ3) is 3.91. The number of carbonyl (C=O) groups is 1. The van der Waals surface area contributed by atoms with Gasteiger partial charge in [-0.05, 0) is 58.4 Å². The molecule has 164 valence electrons. The Hall–Kier alpha value is -2.88. The van der Waals surface area contributed by atoms with E-state index in [0.29, 0.717) is 11.8 Å². The van der Waals surface area contributed by atoms with Crippen LogP contribution in [0.5, 0.6) is 0 Å². The summed E-state index contributed by atoms with van der Waals surface area (Å²) in [6, 6.07) is 4.31. The Morgan fingerprint density at radius 1 is 1.32 bits per heavy atom. The van der Waals surface area contributed by atoms with E-state index in [0.717, 1.165) is 41.0 Å². The summed E-state index contributed by atoms with van der Waals surface area (Å²) in [7, 11) is 0. The number of rotatable bonds is 4. The zero-order valence-corrected chi connectivity index (χ0v) is 18.9. The summed E-state index contributed by atoms with van der Waals surface area (Å²) >= 11 is 1.59. The number of amides is 1. The number of aryl methyl sites for hydroxylation is 1. The molecule has 5 heterocycles. The molecule has 0 aromatic carbocycles. The van der Waals surface area contributed by atoms with Crippen LogP contribution in [0.15, 0.2) is 17.5 Å². The van der Waals surface area contributed by atoms with Crippen LogP contribution in [0, 0.1) is 6.92 Å². The van der Waals surface area contributed by atoms with E-state index in [-0.39, 0.29) is 24.2 Å². The Morgan fingerprint density at radius 3 is 2.90 bits per heavy atom. The molecule has 2 saturated heterocycles. The van der Waals surface area contributed by atoms with Crippen molar-refractivity contribution in [2.24, 2.45) is 0 Å². The first-order valence-electron chi connectivity index (χ1n) is 10.6. The quantitative estimate of drug-likeness (QED) is 0.550. The fourth-order valence-electron chi connectivity index (χ4n) is 4.52. The lowest BCUT2D eigenvalue weighted by atomic mass is 9.96. The van der Waals surface area contributed by atoms with Crippen molar-refractivity contribution in [2.75, 3.05) is 10.6 Å². The van der Waals surface area contributed by atoms with Crippen molar-refractivity contribution in [3.05, 3.63) is 23.2 Å². The molecule has 2 fully saturated rings. The van der Waals surface area contributed by atoms with E-state index in [1.165, 1.54) is 0 Å². The van der Waals surface area contributed by atoms with Crippen molar-refractivity contribution in [2.45, 2.75) is 70.7 Å². The lowest BCUT2D eigenvalue weighted by molar-refractivity contribution is 0.0214. The highest BCUT2D eigenvalue weighted by Gasteiger charge is 2.50. The molecule has 3 N–H and O–H groups in total. The highest BCUT2D eigenvalue weighted by Crippen LogP contribution is 2.40. The van der Waals surface area contributed by atoms with E-state index in [1.807, 2.05) is 50.1 Å². The minimum absolute atomic E-state index is 0.0898. The van der Waals surface area contributed by atoms with E-state index < -0.39 is 5.60 Å². The van der Waals surface area contributed by atoms with Gasteiger partial charge in [-0.1, -0.05) is 0 Å². The second kappa shape index (κ2) is 7.37. The third-order valence-corrected chi connectivity index (χ3v) is 6.62. The molecule has 10 heteroatoms. The van der Waals surface area contributed by atoms with Crippen LogP contribution in [-0.2, 0) is 4.74 Å². The van der Waals surface area contributed by atoms with Crippen molar-refractivity contribution in [3.63, 3.8) is 0 Å². The van der Waals surface area contributed by atoms with Gasteiger partial charge in [-0.15, -0.1) is 11.3 Å². The van der Waals surface area contributed by atoms with E-state index in [9.17, 15) is 4.79 Å². The fraction of sp³-hybridized carbons (Fsp3) is 0.524. The van der Waals surface area contributed by atoms with Crippen LogP contribution in [-0.4, -0.2) is 54.9 Å². The molecule has 3 atom stereocenters. The van der Waals surface area contributed by atoms with Crippen molar-refractivity contribution < 1.29 is 9.53 Å². The molecule has 2 bridgehead atoms. The van der Waals surface area contributed by atoms with Crippen LogP contribution in [0.3, 0.4) is 0 Å². The number of nitrogens with one attached hydrogen (secondary N) is 3. The third-order valence-electron chi connectivity index (χ3n) is 5.71. The highest BCUT2D eigenvalue weighted by molar-refractivity contribution is 7.17. The summed E-state index contributed by atoms with van der Waals surface area (Å²) < 4.78 is 6.63. The maximum atomic E-state index is 12.7. The molecule has 2 aliphatic heterocycles. The number of ether oxygens (including phenoxy) is 1. The minimum atomic E-state index is -0.500. The normalized spacial score (nSPS) is 22.8. The van der Waals surface area contributed by atoms with Crippen LogP contribution in [0.1, 0.15) is 45.7 Å². The predicted octanol–water partition coefficient (Wildman–Crippen LogP) is 4.42. The minimum Gasteiger partial charge on any atom is -0.444 e. The molecule has 0 aliphatic carbocycles. The zero-order chi connectivity index (χ0) is 21.8. The first-order valence-corrected chi connectivity index (χ1v) is 11.5. The van der Waals surface area contributed by atoms with Crippen LogP contribution in [0.2, 0.25) is 0 Å². The van der Waals surface area contributed by atoms with Crippen LogP contribution in [0.4, 0.5) is 22.4 Å². The number of thiophene rings is 1. The van der Waals surface area contributed by atoms with Crippen molar-refractivity contribution in [1.82, 2.24) is 25.1 Å². The van der Waals surface area contributed by atoms with Gasteiger partial charge in [-0.25, -0.2) is 9.78 Å². The van der Waals surface area contributed by atoms with Gasteiger partial charge in [0.05, 0.1) is 22.3 Å². The average Bonchev–Trinajstić information content (AvgIpc) is 3.44. The van der Waals surface area contributed by atoms with Gasteiger partial charge in [0.1, 0.15) is 5.60 Å². The fourth-order valence-corrected chi connectivity index (χ4v) is 5.30. The van der Waals surface area contributed by atoms with Gasteiger partial charge in [0.25, 0.3) is 0 Å². The zero-order valence-electron chi connectivity index (χ0n) is 18.1. The molecule has 0 radical (unpaired) electrons. The summed E-state index contributed by atoms with van der Waals surface area (Å²) in [5.74, 6) is 2.00. The number of carbonyl (C=O) groups excluding carboxylic acids is 1. The maximum Gasteiger partial charge on any atom is 0.410 e. The molecule has 3 aromatic heterocycles.